The maximum atomic E-state index is 3.81. The maximum Gasteiger partial charge on any atom is -0.0386 e. The van der Waals surface area contributed by atoms with E-state index in [1.807, 2.05) is 0 Å². The summed E-state index contributed by atoms with van der Waals surface area (Å²) in [4.78, 5) is 0. The van der Waals surface area contributed by atoms with Gasteiger partial charge in [0.25, 0.3) is 0 Å². The lowest BCUT2D eigenvalue weighted by Crippen LogP contribution is -1.78. The SMILES string of the molecule is [CH2]CCCCC[CH]CCC. The van der Waals surface area contributed by atoms with Gasteiger partial charge in [0.15, 0.2) is 0 Å². The van der Waals surface area contributed by atoms with Crippen LogP contribution >= 0.6 is 0 Å². The molecule has 0 aliphatic heterocycles. The minimum atomic E-state index is 1.10. The summed E-state index contributed by atoms with van der Waals surface area (Å²) < 4.78 is 0. The van der Waals surface area contributed by atoms with Crippen LogP contribution in [-0.4, -0.2) is 0 Å². The molecule has 0 heteroatoms. The zero-order valence-corrected chi connectivity index (χ0v) is 7.23. The second kappa shape index (κ2) is 9.00. The van der Waals surface area contributed by atoms with Gasteiger partial charge in [0.2, 0.25) is 0 Å². The summed E-state index contributed by atoms with van der Waals surface area (Å²) in [7, 11) is 0. The molecule has 10 heavy (non-hydrogen) atoms. The van der Waals surface area contributed by atoms with Crippen LogP contribution in [0, 0.1) is 13.3 Å². The molecular formula is C10H20. The quantitative estimate of drug-likeness (QED) is 0.472. The van der Waals surface area contributed by atoms with Gasteiger partial charge < -0.3 is 0 Å². The first-order valence-electron chi connectivity index (χ1n) is 4.52. The Hall–Kier alpha value is 0. The van der Waals surface area contributed by atoms with Crippen LogP contribution in [0.3, 0.4) is 0 Å². The number of hydrogen-bond donors (Lipinski definition) is 0. The van der Waals surface area contributed by atoms with Crippen molar-refractivity contribution in [3.8, 4) is 0 Å². The van der Waals surface area contributed by atoms with E-state index in [2.05, 4.69) is 20.3 Å². The molecule has 0 aliphatic rings. The van der Waals surface area contributed by atoms with Crippen molar-refractivity contribution in [3.05, 3.63) is 13.3 Å². The highest BCUT2D eigenvalue weighted by Crippen LogP contribution is 2.06. The molecule has 0 heterocycles. The molecule has 60 valence electrons. The van der Waals surface area contributed by atoms with Crippen molar-refractivity contribution in [3.63, 3.8) is 0 Å². The van der Waals surface area contributed by atoms with Crippen LogP contribution in [-0.2, 0) is 0 Å². The van der Waals surface area contributed by atoms with Gasteiger partial charge in [-0.1, -0.05) is 58.8 Å². The average Bonchev–Trinajstić information content (AvgIpc) is 1.97. The highest BCUT2D eigenvalue weighted by Gasteiger charge is 1.87. The average molecular weight is 140 g/mol. The monoisotopic (exact) mass is 140 g/mol. The van der Waals surface area contributed by atoms with E-state index in [-0.39, 0.29) is 0 Å². The first kappa shape index (κ1) is 10.0. The second-order valence-corrected chi connectivity index (χ2v) is 2.78. The molecule has 0 fully saturated rings. The molecule has 0 saturated heterocycles. The Morgan fingerprint density at radius 3 is 2.50 bits per heavy atom. The van der Waals surface area contributed by atoms with E-state index >= 15 is 0 Å². The lowest BCUT2D eigenvalue weighted by atomic mass is 10.1. The van der Waals surface area contributed by atoms with E-state index in [0.29, 0.717) is 0 Å². The van der Waals surface area contributed by atoms with Gasteiger partial charge in [0.05, 0.1) is 0 Å². The van der Waals surface area contributed by atoms with Gasteiger partial charge in [0.1, 0.15) is 0 Å². The predicted octanol–water partition coefficient (Wildman–Crippen LogP) is 3.78. The molecule has 0 aliphatic carbocycles. The predicted molar refractivity (Wildman–Crippen MR) is 47.7 cm³/mol. The maximum absolute atomic E-state index is 3.81. The van der Waals surface area contributed by atoms with Crippen LogP contribution in [0.5, 0.6) is 0 Å². The van der Waals surface area contributed by atoms with Gasteiger partial charge in [-0.15, -0.1) is 0 Å². The van der Waals surface area contributed by atoms with Crippen LogP contribution < -0.4 is 0 Å². The van der Waals surface area contributed by atoms with Gasteiger partial charge in [-0.05, 0) is 6.42 Å². The van der Waals surface area contributed by atoms with Gasteiger partial charge in [0, 0.05) is 0 Å². The zero-order valence-electron chi connectivity index (χ0n) is 7.23. The fraction of sp³-hybridized carbons (Fsp3) is 0.800. The smallest absolute Gasteiger partial charge is 0.0386 e. The van der Waals surface area contributed by atoms with Crippen molar-refractivity contribution in [2.24, 2.45) is 0 Å². The van der Waals surface area contributed by atoms with E-state index in [9.17, 15) is 0 Å². The van der Waals surface area contributed by atoms with Crippen LogP contribution in [0.1, 0.15) is 51.9 Å². The van der Waals surface area contributed by atoms with E-state index in [1.165, 1.54) is 38.5 Å². The molecular weight excluding hydrogens is 120 g/mol. The molecule has 0 spiro atoms. The van der Waals surface area contributed by atoms with E-state index in [1.54, 1.807) is 0 Å². The molecule has 0 aromatic carbocycles. The molecule has 2 radical (unpaired) electrons. The Kier molecular flexibility index (Phi) is 9.00. The Labute approximate surface area is 66.0 Å². The summed E-state index contributed by atoms with van der Waals surface area (Å²) in [6.45, 7) is 6.04. The Balaban J connectivity index is 2.65. The largest absolute Gasteiger partial charge is 0.0654 e. The summed E-state index contributed by atoms with van der Waals surface area (Å²) in [5.74, 6) is 0. The summed E-state index contributed by atoms with van der Waals surface area (Å²) in [5.41, 5.74) is 0. The lowest BCUT2D eigenvalue weighted by Gasteiger charge is -1.97. The molecule has 0 aromatic rings. The molecule has 0 aromatic heterocycles. The Bertz CT molecular complexity index is 40.0. The van der Waals surface area contributed by atoms with E-state index in [4.69, 9.17) is 0 Å². The molecule has 0 N–H and O–H groups in total. The fourth-order valence-electron chi connectivity index (χ4n) is 0.991. The third-order valence-electron chi connectivity index (χ3n) is 1.65. The fourth-order valence-corrected chi connectivity index (χ4v) is 0.991. The number of rotatable bonds is 7. The minimum Gasteiger partial charge on any atom is -0.0654 e. The highest BCUT2D eigenvalue weighted by atomic mass is 13.9. The normalized spacial score (nSPS) is 10.2. The first-order chi connectivity index (χ1) is 4.91. The summed E-state index contributed by atoms with van der Waals surface area (Å²) in [6, 6.07) is 0. The third kappa shape index (κ3) is 8.00. The highest BCUT2D eigenvalue weighted by molar-refractivity contribution is 4.62. The van der Waals surface area contributed by atoms with Crippen molar-refractivity contribution >= 4 is 0 Å². The molecule has 0 rings (SSSR count). The van der Waals surface area contributed by atoms with Gasteiger partial charge >= 0.3 is 0 Å². The number of hydrogen-bond acceptors (Lipinski definition) is 0. The zero-order chi connectivity index (χ0) is 7.66. The van der Waals surface area contributed by atoms with Crippen LogP contribution in [0.2, 0.25) is 0 Å². The Morgan fingerprint density at radius 1 is 1.10 bits per heavy atom. The first-order valence-corrected chi connectivity index (χ1v) is 4.52. The lowest BCUT2D eigenvalue weighted by molar-refractivity contribution is 0.664. The summed E-state index contributed by atoms with van der Waals surface area (Å²) >= 11 is 0. The van der Waals surface area contributed by atoms with E-state index in [0.717, 1.165) is 6.42 Å². The second-order valence-electron chi connectivity index (χ2n) is 2.78. The van der Waals surface area contributed by atoms with Gasteiger partial charge in [-0.25, -0.2) is 0 Å². The van der Waals surface area contributed by atoms with Crippen LogP contribution in [0.4, 0.5) is 0 Å². The van der Waals surface area contributed by atoms with Crippen molar-refractivity contribution in [2.45, 2.75) is 51.9 Å². The topological polar surface area (TPSA) is 0 Å². The molecule has 0 atom stereocenters. The summed E-state index contributed by atoms with van der Waals surface area (Å²) in [5, 5.41) is 0. The standard InChI is InChI=1S/C10H20/c1-3-5-7-9-10-8-6-4-2/h8H,1,3-7,9-10H2,2H3. The van der Waals surface area contributed by atoms with Gasteiger partial charge in [-0.2, -0.15) is 0 Å². The number of unbranched alkanes of at least 4 members (excludes halogenated alkanes) is 7. The van der Waals surface area contributed by atoms with E-state index < -0.39 is 0 Å². The Morgan fingerprint density at radius 2 is 1.90 bits per heavy atom. The van der Waals surface area contributed by atoms with Crippen molar-refractivity contribution in [1.82, 2.24) is 0 Å². The van der Waals surface area contributed by atoms with Crippen LogP contribution in [0.25, 0.3) is 0 Å². The van der Waals surface area contributed by atoms with Gasteiger partial charge in [-0.3, -0.25) is 0 Å². The van der Waals surface area contributed by atoms with Crippen molar-refractivity contribution in [1.29, 1.82) is 0 Å². The van der Waals surface area contributed by atoms with Crippen molar-refractivity contribution in [2.75, 3.05) is 0 Å². The summed E-state index contributed by atoms with van der Waals surface area (Å²) in [6.07, 6.45) is 11.5. The minimum absolute atomic E-state index is 1.10. The molecule has 0 bridgehead atoms. The van der Waals surface area contributed by atoms with Crippen LogP contribution in [0.15, 0.2) is 0 Å². The third-order valence-corrected chi connectivity index (χ3v) is 1.65. The molecule has 0 amide bonds. The molecule has 0 saturated carbocycles. The molecule has 0 nitrogen and oxygen atoms in total. The van der Waals surface area contributed by atoms with Crippen molar-refractivity contribution < 1.29 is 0 Å². The molecule has 0 unspecified atom stereocenters.